The van der Waals surface area contributed by atoms with Crippen molar-refractivity contribution in [3.8, 4) is 0 Å². The zero-order valence-electron chi connectivity index (χ0n) is 10.4. The Morgan fingerprint density at radius 3 is 2.65 bits per heavy atom. The Labute approximate surface area is 112 Å². The maximum atomic E-state index is 6.41. The van der Waals surface area contributed by atoms with E-state index in [1.165, 1.54) is 12.8 Å². The molecule has 0 amide bonds. The molecule has 4 heteroatoms. The van der Waals surface area contributed by atoms with Gasteiger partial charge < -0.3 is 10.5 Å². The topological polar surface area (TPSA) is 35.2 Å². The van der Waals surface area contributed by atoms with E-state index in [0.29, 0.717) is 0 Å². The van der Waals surface area contributed by atoms with Crippen LogP contribution in [0.3, 0.4) is 0 Å². The average molecular weight is 274 g/mol. The number of ether oxygens (including phenoxy) is 1. The third-order valence-electron chi connectivity index (χ3n) is 4.02. The standard InChI is InChI=1S/C13H20ClNOS/c1-9-3-6-13(16-2,7-4-9)12(15)11-10(14)5-8-17-11/h5,8-9,12H,3-4,6-7,15H2,1-2H3. The summed E-state index contributed by atoms with van der Waals surface area (Å²) in [4.78, 5) is 1.06. The fraction of sp³-hybridized carbons (Fsp3) is 0.692. The molecular weight excluding hydrogens is 254 g/mol. The van der Waals surface area contributed by atoms with Crippen LogP contribution in [0.5, 0.6) is 0 Å². The van der Waals surface area contributed by atoms with Crippen LogP contribution in [0, 0.1) is 5.92 Å². The lowest BCUT2D eigenvalue weighted by molar-refractivity contribution is -0.0664. The van der Waals surface area contributed by atoms with Crippen LogP contribution in [-0.4, -0.2) is 12.7 Å². The SMILES string of the molecule is COC1(C(N)c2sccc2Cl)CCC(C)CC1. The van der Waals surface area contributed by atoms with Gasteiger partial charge in [0.05, 0.1) is 16.7 Å². The first-order valence-corrected chi connectivity index (χ1v) is 7.38. The lowest BCUT2D eigenvalue weighted by atomic mass is 9.75. The van der Waals surface area contributed by atoms with Crippen LogP contribution in [0.25, 0.3) is 0 Å². The summed E-state index contributed by atoms with van der Waals surface area (Å²) in [6.07, 6.45) is 4.43. The lowest BCUT2D eigenvalue weighted by Gasteiger charge is -2.42. The van der Waals surface area contributed by atoms with Crippen molar-refractivity contribution in [1.82, 2.24) is 0 Å². The molecule has 1 aliphatic rings. The first-order valence-electron chi connectivity index (χ1n) is 6.12. The van der Waals surface area contributed by atoms with Gasteiger partial charge in [-0.15, -0.1) is 11.3 Å². The van der Waals surface area contributed by atoms with Gasteiger partial charge in [0.15, 0.2) is 0 Å². The van der Waals surface area contributed by atoms with Gasteiger partial charge in [-0.25, -0.2) is 0 Å². The molecule has 1 fully saturated rings. The summed E-state index contributed by atoms with van der Waals surface area (Å²) in [5, 5.41) is 2.77. The number of hydrogen-bond donors (Lipinski definition) is 1. The van der Waals surface area contributed by atoms with Crippen molar-refractivity contribution in [3.05, 3.63) is 21.3 Å². The molecular formula is C13H20ClNOS. The summed E-state index contributed by atoms with van der Waals surface area (Å²) in [5.41, 5.74) is 6.19. The van der Waals surface area contributed by atoms with Gasteiger partial charge in [-0.05, 0) is 43.0 Å². The van der Waals surface area contributed by atoms with Gasteiger partial charge in [-0.1, -0.05) is 18.5 Å². The summed E-state index contributed by atoms with van der Waals surface area (Å²) in [7, 11) is 1.78. The third-order valence-corrected chi connectivity index (χ3v) is 5.46. The molecule has 2 N–H and O–H groups in total. The molecule has 1 atom stereocenters. The zero-order chi connectivity index (χ0) is 12.5. The van der Waals surface area contributed by atoms with Crippen molar-refractivity contribution in [2.45, 2.75) is 44.2 Å². The van der Waals surface area contributed by atoms with Gasteiger partial charge >= 0.3 is 0 Å². The van der Waals surface area contributed by atoms with E-state index in [4.69, 9.17) is 22.1 Å². The molecule has 0 spiro atoms. The predicted molar refractivity (Wildman–Crippen MR) is 73.6 cm³/mol. The van der Waals surface area contributed by atoms with E-state index in [9.17, 15) is 0 Å². The molecule has 1 aromatic heterocycles. The van der Waals surface area contributed by atoms with Crippen LogP contribution >= 0.6 is 22.9 Å². The van der Waals surface area contributed by atoms with Gasteiger partial charge in [-0.3, -0.25) is 0 Å². The number of halogens is 1. The van der Waals surface area contributed by atoms with Gasteiger partial charge in [0.1, 0.15) is 0 Å². The zero-order valence-corrected chi connectivity index (χ0v) is 12.0. The molecule has 0 saturated heterocycles. The first-order chi connectivity index (χ1) is 8.09. The van der Waals surface area contributed by atoms with E-state index in [0.717, 1.165) is 28.7 Å². The fourth-order valence-corrected chi connectivity index (χ4v) is 3.94. The second-order valence-corrected chi connectivity index (χ2v) is 6.42. The highest BCUT2D eigenvalue weighted by Gasteiger charge is 2.41. The minimum absolute atomic E-state index is 0.104. The minimum Gasteiger partial charge on any atom is -0.376 e. The quantitative estimate of drug-likeness (QED) is 0.904. The predicted octanol–water partition coefficient (Wildman–Crippen LogP) is 4.00. The molecule has 0 aliphatic heterocycles. The van der Waals surface area contributed by atoms with Crippen molar-refractivity contribution in [1.29, 1.82) is 0 Å². The molecule has 2 rings (SSSR count). The molecule has 0 aromatic carbocycles. The highest BCUT2D eigenvalue weighted by Crippen LogP contribution is 2.44. The Bertz CT molecular complexity index is 371. The number of nitrogens with two attached hydrogens (primary N) is 1. The maximum absolute atomic E-state index is 6.41. The van der Waals surface area contributed by atoms with E-state index in [2.05, 4.69) is 6.92 Å². The number of hydrogen-bond acceptors (Lipinski definition) is 3. The summed E-state index contributed by atoms with van der Waals surface area (Å²) >= 11 is 7.81. The van der Waals surface area contributed by atoms with Crippen molar-refractivity contribution >= 4 is 22.9 Å². The Morgan fingerprint density at radius 2 is 2.18 bits per heavy atom. The second kappa shape index (κ2) is 5.27. The summed E-state index contributed by atoms with van der Waals surface area (Å²) in [6.45, 7) is 2.29. The average Bonchev–Trinajstić information content (AvgIpc) is 2.76. The van der Waals surface area contributed by atoms with E-state index in [1.54, 1.807) is 18.4 Å². The van der Waals surface area contributed by atoms with Crippen LogP contribution in [-0.2, 0) is 4.74 Å². The highest BCUT2D eigenvalue weighted by molar-refractivity contribution is 7.10. The van der Waals surface area contributed by atoms with Crippen LogP contribution in [0.2, 0.25) is 5.02 Å². The summed E-state index contributed by atoms with van der Waals surface area (Å²) in [6, 6.07) is 1.81. The molecule has 2 nitrogen and oxygen atoms in total. The number of thiophene rings is 1. The highest BCUT2D eigenvalue weighted by atomic mass is 35.5. The van der Waals surface area contributed by atoms with Crippen molar-refractivity contribution in [2.75, 3.05) is 7.11 Å². The van der Waals surface area contributed by atoms with E-state index < -0.39 is 0 Å². The van der Waals surface area contributed by atoms with Gasteiger partial charge in [0, 0.05) is 12.0 Å². The van der Waals surface area contributed by atoms with Gasteiger partial charge in [-0.2, -0.15) is 0 Å². The van der Waals surface area contributed by atoms with Crippen LogP contribution in [0.15, 0.2) is 11.4 Å². The lowest BCUT2D eigenvalue weighted by Crippen LogP contribution is -2.45. The second-order valence-electron chi connectivity index (χ2n) is 5.06. The van der Waals surface area contributed by atoms with E-state index in [-0.39, 0.29) is 11.6 Å². The molecule has 1 aliphatic carbocycles. The summed E-state index contributed by atoms with van der Waals surface area (Å²) < 4.78 is 5.79. The van der Waals surface area contributed by atoms with Crippen molar-refractivity contribution in [2.24, 2.45) is 11.7 Å². The van der Waals surface area contributed by atoms with Crippen LogP contribution in [0.4, 0.5) is 0 Å². The smallest absolute Gasteiger partial charge is 0.0879 e. The normalized spacial score (nSPS) is 31.4. The van der Waals surface area contributed by atoms with Gasteiger partial charge in [0.25, 0.3) is 0 Å². The number of rotatable bonds is 3. The van der Waals surface area contributed by atoms with Crippen LogP contribution in [0.1, 0.15) is 43.5 Å². The van der Waals surface area contributed by atoms with Crippen molar-refractivity contribution in [3.63, 3.8) is 0 Å². The largest absolute Gasteiger partial charge is 0.376 e. The Kier molecular flexibility index (Phi) is 4.14. The maximum Gasteiger partial charge on any atom is 0.0879 e. The molecule has 17 heavy (non-hydrogen) atoms. The van der Waals surface area contributed by atoms with Crippen LogP contribution < -0.4 is 5.73 Å². The fourth-order valence-electron chi connectivity index (χ4n) is 2.66. The Hall–Kier alpha value is -0.0900. The first kappa shape index (κ1) is 13.3. The minimum atomic E-state index is -0.221. The molecule has 0 bridgehead atoms. The molecule has 96 valence electrons. The summed E-state index contributed by atoms with van der Waals surface area (Å²) in [5.74, 6) is 0.782. The van der Waals surface area contributed by atoms with Gasteiger partial charge in [0.2, 0.25) is 0 Å². The van der Waals surface area contributed by atoms with Crippen molar-refractivity contribution < 1.29 is 4.74 Å². The Balaban J connectivity index is 2.21. The number of methoxy groups -OCH3 is 1. The Morgan fingerprint density at radius 1 is 1.53 bits per heavy atom. The molecule has 1 unspecified atom stereocenters. The third kappa shape index (κ3) is 2.53. The molecule has 1 heterocycles. The van der Waals surface area contributed by atoms with E-state index in [1.807, 2.05) is 11.4 Å². The monoisotopic (exact) mass is 273 g/mol. The molecule has 0 radical (unpaired) electrons. The molecule has 1 aromatic rings. The molecule has 1 saturated carbocycles. The van der Waals surface area contributed by atoms with E-state index >= 15 is 0 Å².